The zero-order valence-corrected chi connectivity index (χ0v) is 23.4. The van der Waals surface area contributed by atoms with Gasteiger partial charge in [-0.15, -0.1) is 0 Å². The van der Waals surface area contributed by atoms with Crippen LogP contribution in [-0.2, 0) is 12.0 Å². The Balaban J connectivity index is 1.47. The van der Waals surface area contributed by atoms with E-state index in [0.717, 1.165) is 38.7 Å². The highest BCUT2D eigenvalue weighted by Crippen LogP contribution is 2.67. The summed E-state index contributed by atoms with van der Waals surface area (Å²) in [5.74, 6) is -0.445. The lowest BCUT2D eigenvalue weighted by molar-refractivity contribution is 0.0263. The van der Waals surface area contributed by atoms with Gasteiger partial charge in [-0.1, -0.05) is 65.7 Å². The zero-order chi connectivity index (χ0) is 27.6. The van der Waals surface area contributed by atoms with Gasteiger partial charge >= 0.3 is 0 Å². The Hall–Kier alpha value is -3.58. The van der Waals surface area contributed by atoms with E-state index in [1.54, 1.807) is 6.07 Å². The van der Waals surface area contributed by atoms with Crippen LogP contribution >= 0.6 is 23.2 Å². The number of nitrogens with zero attached hydrogens (tertiary/aromatic N) is 3. The molecule has 198 valence electrons. The number of likely N-dealkylation sites (N-methyl/N-ethyl adjacent to an activating group) is 1. The molecule has 0 bridgehead atoms. The van der Waals surface area contributed by atoms with Gasteiger partial charge in [0.25, 0.3) is 0 Å². The van der Waals surface area contributed by atoms with E-state index in [9.17, 15) is 4.79 Å². The summed E-state index contributed by atoms with van der Waals surface area (Å²) in [6, 6.07) is 19.3. The van der Waals surface area contributed by atoms with Crippen LogP contribution in [0.5, 0.6) is 0 Å². The fraction of sp³-hybridized carbons (Fsp3) is 0.250. The molecule has 1 aliphatic heterocycles. The van der Waals surface area contributed by atoms with Gasteiger partial charge in [0.2, 0.25) is 0 Å². The summed E-state index contributed by atoms with van der Waals surface area (Å²) in [6.45, 7) is 2.41. The molecular weight excluding hydrogens is 543 g/mol. The molecule has 2 aromatic heterocycles. The second-order valence-corrected chi connectivity index (χ2v) is 12.2. The van der Waals surface area contributed by atoms with Crippen molar-refractivity contribution < 1.29 is 9.59 Å². The number of aryl methyl sites for hydroxylation is 2. The number of rotatable bonds is 1. The van der Waals surface area contributed by atoms with Crippen molar-refractivity contribution in [2.75, 3.05) is 13.6 Å². The Kier molecular flexibility index (Phi) is 4.85. The maximum Gasteiger partial charge on any atom is 0.189 e. The number of halogens is 2. The molecule has 0 unspecified atom stereocenters. The van der Waals surface area contributed by atoms with Crippen molar-refractivity contribution in [2.45, 2.75) is 31.2 Å². The number of fused-ring (bicyclic) bond motifs is 4. The molecule has 3 aromatic carbocycles. The van der Waals surface area contributed by atoms with Crippen LogP contribution in [0.1, 0.15) is 55.6 Å². The number of carbonyl (C=O) groups excluding carboxylic acids is 2. The highest BCUT2D eigenvalue weighted by Gasteiger charge is 2.73. The Labute approximate surface area is 240 Å². The minimum atomic E-state index is -1.20. The molecule has 5 aromatic rings. The number of hydrogen-bond donors (Lipinski definition) is 1. The van der Waals surface area contributed by atoms with Gasteiger partial charge < -0.3 is 0 Å². The highest BCUT2D eigenvalue weighted by molar-refractivity contribution is 6.35. The average molecular weight is 567 g/mol. The third-order valence-electron chi connectivity index (χ3n) is 9.70. The van der Waals surface area contributed by atoms with Gasteiger partial charge in [-0.3, -0.25) is 19.6 Å². The summed E-state index contributed by atoms with van der Waals surface area (Å²) in [6.07, 6.45) is 0.991. The summed E-state index contributed by atoms with van der Waals surface area (Å²) < 4.78 is 0. The molecule has 6 nitrogen and oxygen atoms in total. The molecule has 0 saturated carbocycles. The van der Waals surface area contributed by atoms with Crippen molar-refractivity contribution in [3.63, 3.8) is 0 Å². The lowest BCUT2D eigenvalue weighted by atomic mass is 9.53. The van der Waals surface area contributed by atoms with Gasteiger partial charge in [0.15, 0.2) is 17.2 Å². The van der Waals surface area contributed by atoms with E-state index >= 15 is 4.79 Å². The van der Waals surface area contributed by atoms with Crippen LogP contribution in [0.4, 0.5) is 0 Å². The van der Waals surface area contributed by atoms with Gasteiger partial charge in [-0.2, -0.15) is 5.10 Å². The van der Waals surface area contributed by atoms with Crippen LogP contribution in [0.15, 0.2) is 60.7 Å². The summed E-state index contributed by atoms with van der Waals surface area (Å²) >= 11 is 13.2. The van der Waals surface area contributed by atoms with Crippen LogP contribution in [0.2, 0.25) is 10.0 Å². The number of aromatic amines is 1. The molecule has 1 saturated heterocycles. The van der Waals surface area contributed by atoms with Crippen LogP contribution in [0, 0.1) is 12.3 Å². The Morgan fingerprint density at radius 2 is 1.80 bits per heavy atom. The fourth-order valence-corrected chi connectivity index (χ4v) is 8.65. The number of benzene rings is 3. The lowest BCUT2D eigenvalue weighted by Crippen LogP contribution is -2.59. The molecular formula is C32H24Cl2N4O2. The molecule has 3 atom stereocenters. The monoisotopic (exact) mass is 566 g/mol. The minimum Gasteiger partial charge on any atom is -0.293 e. The summed E-state index contributed by atoms with van der Waals surface area (Å²) in [5, 5.41) is 11.1. The van der Waals surface area contributed by atoms with Crippen molar-refractivity contribution in [3.8, 4) is 0 Å². The van der Waals surface area contributed by atoms with Gasteiger partial charge in [-0.25, -0.2) is 4.98 Å². The maximum atomic E-state index is 15.3. The molecule has 0 radical (unpaired) electrons. The number of likely N-dealkylation sites (tertiary alicyclic amines) is 1. The van der Waals surface area contributed by atoms with Crippen molar-refractivity contribution in [3.05, 3.63) is 104 Å². The number of hydrogen-bond acceptors (Lipinski definition) is 5. The quantitative estimate of drug-likeness (QED) is 0.245. The highest BCUT2D eigenvalue weighted by atomic mass is 35.5. The van der Waals surface area contributed by atoms with Crippen LogP contribution in [-0.4, -0.2) is 45.2 Å². The number of ketones is 2. The first-order chi connectivity index (χ1) is 19.3. The maximum absolute atomic E-state index is 15.3. The second kappa shape index (κ2) is 8.00. The fourth-order valence-electron chi connectivity index (χ4n) is 8.11. The first-order valence-corrected chi connectivity index (χ1v) is 14.2. The van der Waals surface area contributed by atoms with Gasteiger partial charge in [0.05, 0.1) is 11.1 Å². The van der Waals surface area contributed by atoms with E-state index in [1.807, 2.05) is 68.6 Å². The average Bonchev–Trinajstić information content (AvgIpc) is 3.53. The van der Waals surface area contributed by atoms with Gasteiger partial charge in [-0.05, 0) is 66.9 Å². The third-order valence-corrected chi connectivity index (χ3v) is 10.3. The molecule has 3 aliphatic rings. The van der Waals surface area contributed by atoms with Crippen molar-refractivity contribution >= 4 is 56.6 Å². The molecule has 40 heavy (non-hydrogen) atoms. The number of aromatic nitrogens is 3. The van der Waals surface area contributed by atoms with Crippen molar-refractivity contribution in [1.82, 2.24) is 20.1 Å². The number of carbonyl (C=O) groups is 2. The Bertz CT molecular complexity index is 1960. The first kappa shape index (κ1) is 24.2. The summed E-state index contributed by atoms with van der Waals surface area (Å²) in [4.78, 5) is 37.1. The summed E-state index contributed by atoms with van der Waals surface area (Å²) in [7, 11) is 1.97. The minimum absolute atomic E-state index is 0.0280. The largest absolute Gasteiger partial charge is 0.293 e. The predicted octanol–water partition coefficient (Wildman–Crippen LogP) is 6.66. The van der Waals surface area contributed by atoms with E-state index in [0.29, 0.717) is 46.2 Å². The van der Waals surface area contributed by atoms with E-state index in [-0.39, 0.29) is 17.5 Å². The van der Waals surface area contributed by atoms with E-state index in [2.05, 4.69) is 15.1 Å². The second-order valence-electron chi connectivity index (χ2n) is 11.4. The molecule has 2 spiro atoms. The van der Waals surface area contributed by atoms with Crippen LogP contribution in [0.3, 0.4) is 0 Å². The molecule has 8 heteroatoms. The Morgan fingerprint density at radius 3 is 2.60 bits per heavy atom. The van der Waals surface area contributed by atoms with Crippen LogP contribution in [0.25, 0.3) is 21.8 Å². The van der Waals surface area contributed by atoms with Gasteiger partial charge in [0.1, 0.15) is 5.54 Å². The topological polar surface area (TPSA) is 79.0 Å². The molecule has 1 fully saturated rings. The number of nitrogens with one attached hydrogen (secondary N) is 1. The van der Waals surface area contributed by atoms with E-state index < -0.39 is 11.0 Å². The molecule has 8 rings (SSSR count). The normalized spacial score (nSPS) is 25.6. The van der Waals surface area contributed by atoms with Crippen molar-refractivity contribution in [2.24, 2.45) is 5.41 Å². The standard InChI is InChI=1S/C32H24Cl2N4O2/c1-16-21-14-22-26(35-30(21)37-36-16)11-12-31(28(22)39)24(19-10-9-18(33)13-25(19)34)15-38(2)32(31)23-8-4-6-17-5-3-7-20(27(17)23)29(32)40/h3-10,13-14,24H,11-12,15H2,1-2H3,(H,35,36,37)/t24-,31+,32+/m1/s1. The smallest absolute Gasteiger partial charge is 0.189 e. The van der Waals surface area contributed by atoms with Crippen molar-refractivity contribution in [1.29, 1.82) is 0 Å². The number of Topliss-reactive ketones (excluding diaryl/α,β-unsaturated/α-hetero) is 2. The molecule has 0 amide bonds. The molecule has 1 N–H and O–H groups in total. The number of pyridine rings is 1. The van der Waals surface area contributed by atoms with E-state index in [1.165, 1.54) is 0 Å². The zero-order valence-electron chi connectivity index (χ0n) is 21.9. The van der Waals surface area contributed by atoms with Gasteiger partial charge in [0, 0.05) is 44.7 Å². The molecule has 3 heterocycles. The third kappa shape index (κ3) is 2.70. The van der Waals surface area contributed by atoms with E-state index in [4.69, 9.17) is 28.2 Å². The van der Waals surface area contributed by atoms with Crippen LogP contribution < -0.4 is 0 Å². The SMILES string of the molecule is Cc1[nH]nc2nc3c(cc12)C(=O)[C@]1(CC3)[C@@H](c2ccc(Cl)cc2Cl)CN(C)[C@@]12C(=O)c1cccc3cccc2c13. The number of H-pyrrole nitrogens is 1. The first-order valence-electron chi connectivity index (χ1n) is 13.4. The summed E-state index contributed by atoms with van der Waals surface area (Å²) in [5.41, 5.74) is 2.81. The lowest BCUT2D eigenvalue weighted by Gasteiger charge is -2.49. The predicted molar refractivity (Wildman–Crippen MR) is 155 cm³/mol. The Morgan fingerprint density at radius 1 is 1.00 bits per heavy atom. The molecule has 2 aliphatic carbocycles.